The van der Waals surface area contributed by atoms with Gasteiger partial charge in [0, 0.05) is 24.3 Å². The number of aliphatic hydroxyl groups excluding tert-OH is 1. The molecular weight excluding hydrogens is 482 g/mol. The molecule has 1 atom stereocenters. The second kappa shape index (κ2) is 10.6. The topological polar surface area (TPSA) is 108 Å². The Bertz CT molecular complexity index is 1440. The highest BCUT2D eigenvalue weighted by molar-refractivity contribution is 6.00. The first kappa shape index (κ1) is 25.4. The molecule has 0 spiro atoms. The van der Waals surface area contributed by atoms with Crippen LogP contribution in [0.5, 0.6) is 17.2 Å². The molecule has 4 aromatic rings. The molecular formula is C30H31N3O5. The summed E-state index contributed by atoms with van der Waals surface area (Å²) < 4.78 is 11.7. The number of aliphatic hydroxyl groups is 1. The number of ether oxygens (including phenoxy) is 2. The summed E-state index contributed by atoms with van der Waals surface area (Å²) in [5, 5.41) is 27.8. The first-order chi connectivity index (χ1) is 18.4. The number of phenolic OH excluding ortho intramolecular Hbond substituents is 1. The van der Waals surface area contributed by atoms with Gasteiger partial charge in [-0.05, 0) is 60.7 Å². The van der Waals surface area contributed by atoms with Crippen LogP contribution in [0.25, 0.3) is 11.3 Å². The van der Waals surface area contributed by atoms with Crippen molar-refractivity contribution in [1.82, 2.24) is 15.1 Å². The fourth-order valence-corrected chi connectivity index (χ4v) is 5.17. The van der Waals surface area contributed by atoms with Gasteiger partial charge in [-0.25, -0.2) is 0 Å². The van der Waals surface area contributed by atoms with Crippen LogP contribution >= 0.6 is 0 Å². The van der Waals surface area contributed by atoms with Gasteiger partial charge in [0.05, 0.1) is 13.2 Å². The summed E-state index contributed by atoms with van der Waals surface area (Å²) in [7, 11) is 1.58. The summed E-state index contributed by atoms with van der Waals surface area (Å²) >= 11 is 0. The minimum absolute atomic E-state index is 0.0387. The Hall–Kier alpha value is -4.30. The van der Waals surface area contributed by atoms with Crippen LogP contribution in [0.4, 0.5) is 0 Å². The summed E-state index contributed by atoms with van der Waals surface area (Å²) in [4.78, 5) is 15.2. The van der Waals surface area contributed by atoms with Crippen LogP contribution in [0.15, 0.2) is 60.7 Å². The van der Waals surface area contributed by atoms with Crippen LogP contribution in [0, 0.1) is 13.8 Å². The molecule has 2 heterocycles. The number of nitrogens with zero attached hydrogens (tertiary/aromatic N) is 2. The third kappa shape index (κ3) is 4.59. The maximum atomic E-state index is 13.5. The van der Waals surface area contributed by atoms with E-state index < -0.39 is 6.04 Å². The van der Waals surface area contributed by atoms with Gasteiger partial charge in [0.25, 0.3) is 5.91 Å². The van der Waals surface area contributed by atoms with E-state index in [1.54, 1.807) is 18.1 Å². The van der Waals surface area contributed by atoms with Gasteiger partial charge in [-0.1, -0.05) is 42.5 Å². The zero-order chi connectivity index (χ0) is 26.8. The van der Waals surface area contributed by atoms with Gasteiger partial charge in [-0.15, -0.1) is 0 Å². The molecule has 1 unspecified atom stereocenters. The second-order valence-corrected chi connectivity index (χ2v) is 9.50. The number of phenols is 1. The number of rotatable bonds is 9. The minimum atomic E-state index is -0.491. The number of carbonyl (C=O) groups is 1. The molecule has 8 heteroatoms. The van der Waals surface area contributed by atoms with E-state index >= 15 is 0 Å². The lowest BCUT2D eigenvalue weighted by Gasteiger charge is -2.27. The van der Waals surface area contributed by atoms with Crippen LogP contribution in [-0.4, -0.2) is 51.5 Å². The SMILES string of the molecule is COc1cc(C2c3c(-c4c(C)cc(C)cc4O)n[nH]c3C(=O)N2CCCO)ccc1OCc1ccccc1. The van der Waals surface area contributed by atoms with Gasteiger partial charge in [-0.2, -0.15) is 5.10 Å². The highest BCUT2D eigenvalue weighted by Crippen LogP contribution is 2.46. The van der Waals surface area contributed by atoms with Crippen LogP contribution in [-0.2, 0) is 6.61 Å². The Morgan fingerprint density at radius 2 is 1.84 bits per heavy atom. The molecule has 38 heavy (non-hydrogen) atoms. The Kier molecular flexibility index (Phi) is 7.07. The highest BCUT2D eigenvalue weighted by Gasteiger charge is 2.42. The maximum Gasteiger partial charge on any atom is 0.273 e. The van der Waals surface area contributed by atoms with Crippen LogP contribution in [0.2, 0.25) is 0 Å². The molecule has 5 rings (SSSR count). The molecule has 1 amide bonds. The van der Waals surface area contributed by atoms with Crippen LogP contribution in [0.1, 0.15) is 50.8 Å². The van der Waals surface area contributed by atoms with Crippen molar-refractivity contribution in [2.24, 2.45) is 0 Å². The predicted octanol–water partition coefficient (Wildman–Crippen LogP) is 4.91. The number of nitrogens with one attached hydrogen (secondary N) is 1. The second-order valence-electron chi connectivity index (χ2n) is 9.50. The fraction of sp³-hybridized carbons (Fsp3) is 0.267. The molecule has 8 nitrogen and oxygen atoms in total. The number of aryl methyl sites for hydroxylation is 2. The first-order valence-electron chi connectivity index (χ1n) is 12.6. The Labute approximate surface area is 221 Å². The number of aromatic hydroxyl groups is 1. The number of fused-ring (bicyclic) bond motifs is 1. The molecule has 1 aliphatic rings. The molecule has 196 valence electrons. The van der Waals surface area contributed by atoms with E-state index in [9.17, 15) is 15.0 Å². The van der Waals surface area contributed by atoms with E-state index in [0.29, 0.717) is 53.6 Å². The summed E-state index contributed by atoms with van der Waals surface area (Å²) in [5.41, 5.74) is 5.83. The number of hydrogen-bond acceptors (Lipinski definition) is 6. The standard InChI is InChI=1S/C30H31N3O5/c1-18-14-19(2)25(22(35)15-18)27-26-28(32-31-27)30(36)33(12-7-13-34)29(26)21-10-11-23(24(16-21)37-3)38-17-20-8-5-4-6-9-20/h4-6,8-11,14-16,29,34-35H,7,12-13,17H2,1-3H3,(H,31,32). The lowest BCUT2D eigenvalue weighted by molar-refractivity contribution is 0.0732. The van der Waals surface area contributed by atoms with E-state index in [0.717, 1.165) is 22.3 Å². The molecule has 1 aliphatic heterocycles. The Morgan fingerprint density at radius 1 is 1.05 bits per heavy atom. The average Bonchev–Trinajstić information content (AvgIpc) is 3.44. The summed E-state index contributed by atoms with van der Waals surface area (Å²) in [6.07, 6.45) is 0.430. The Balaban J connectivity index is 1.58. The number of hydrogen-bond donors (Lipinski definition) is 3. The highest BCUT2D eigenvalue weighted by atomic mass is 16.5. The molecule has 3 aromatic carbocycles. The van der Waals surface area contributed by atoms with Crippen molar-refractivity contribution in [3.8, 4) is 28.5 Å². The number of methoxy groups -OCH3 is 1. The number of aromatic amines is 1. The van der Waals surface area contributed by atoms with Crippen molar-refractivity contribution in [3.05, 3.63) is 94.2 Å². The molecule has 0 saturated carbocycles. The van der Waals surface area contributed by atoms with E-state index in [2.05, 4.69) is 10.2 Å². The summed E-state index contributed by atoms with van der Waals surface area (Å²) in [5.74, 6) is 1.04. The molecule has 1 aromatic heterocycles. The number of carbonyl (C=O) groups excluding carboxylic acids is 1. The van der Waals surface area contributed by atoms with Gasteiger partial charge in [0.15, 0.2) is 11.5 Å². The molecule has 3 N–H and O–H groups in total. The number of H-pyrrole nitrogens is 1. The number of amides is 1. The normalized spacial score (nSPS) is 14.6. The van der Waals surface area contributed by atoms with Crippen molar-refractivity contribution < 1.29 is 24.5 Å². The molecule has 0 fully saturated rings. The first-order valence-corrected chi connectivity index (χ1v) is 12.6. The van der Waals surface area contributed by atoms with E-state index in [-0.39, 0.29) is 18.3 Å². The van der Waals surface area contributed by atoms with Crippen molar-refractivity contribution in [2.75, 3.05) is 20.3 Å². The summed E-state index contributed by atoms with van der Waals surface area (Å²) in [6, 6.07) is 18.7. The Morgan fingerprint density at radius 3 is 2.55 bits per heavy atom. The maximum absolute atomic E-state index is 13.5. The largest absolute Gasteiger partial charge is 0.507 e. The number of aromatic nitrogens is 2. The van der Waals surface area contributed by atoms with Gasteiger partial charge < -0.3 is 24.6 Å². The zero-order valence-corrected chi connectivity index (χ0v) is 21.7. The lowest BCUT2D eigenvalue weighted by Crippen LogP contribution is -2.31. The van der Waals surface area contributed by atoms with Gasteiger partial charge in [0.1, 0.15) is 23.7 Å². The predicted molar refractivity (Wildman–Crippen MR) is 144 cm³/mol. The molecule has 0 aliphatic carbocycles. The van der Waals surface area contributed by atoms with Crippen molar-refractivity contribution in [2.45, 2.75) is 32.9 Å². The zero-order valence-electron chi connectivity index (χ0n) is 21.7. The molecule has 0 bridgehead atoms. The number of benzene rings is 3. The van der Waals surface area contributed by atoms with E-state index in [1.807, 2.05) is 68.4 Å². The fourth-order valence-electron chi connectivity index (χ4n) is 5.17. The quantitative estimate of drug-likeness (QED) is 0.293. The van der Waals surface area contributed by atoms with Gasteiger partial charge >= 0.3 is 0 Å². The van der Waals surface area contributed by atoms with Gasteiger partial charge in [-0.3, -0.25) is 9.89 Å². The van der Waals surface area contributed by atoms with Gasteiger partial charge in [0.2, 0.25) is 0 Å². The molecule has 0 saturated heterocycles. The average molecular weight is 514 g/mol. The van der Waals surface area contributed by atoms with Crippen LogP contribution < -0.4 is 9.47 Å². The smallest absolute Gasteiger partial charge is 0.273 e. The van der Waals surface area contributed by atoms with Crippen molar-refractivity contribution in [3.63, 3.8) is 0 Å². The third-order valence-corrected chi connectivity index (χ3v) is 6.86. The van der Waals surface area contributed by atoms with E-state index in [4.69, 9.17) is 9.47 Å². The van der Waals surface area contributed by atoms with Crippen molar-refractivity contribution >= 4 is 5.91 Å². The summed E-state index contributed by atoms with van der Waals surface area (Å²) in [6.45, 7) is 4.55. The van der Waals surface area contributed by atoms with Crippen LogP contribution in [0.3, 0.4) is 0 Å². The monoisotopic (exact) mass is 513 g/mol. The van der Waals surface area contributed by atoms with Crippen molar-refractivity contribution in [1.29, 1.82) is 0 Å². The third-order valence-electron chi connectivity index (χ3n) is 6.86. The minimum Gasteiger partial charge on any atom is -0.507 e. The lowest BCUT2D eigenvalue weighted by atomic mass is 9.93. The van der Waals surface area contributed by atoms with E-state index in [1.165, 1.54) is 0 Å². The molecule has 0 radical (unpaired) electrons.